The van der Waals surface area contributed by atoms with Crippen LogP contribution in [0.25, 0.3) is 0 Å². The Morgan fingerprint density at radius 1 is 0.429 bits per heavy atom. The molecule has 0 heterocycles. The number of likely N-dealkylation sites (N-methyl/N-ethyl adjacent to an activating group) is 1. The molecule has 0 aromatic rings. The highest BCUT2D eigenvalue weighted by molar-refractivity contribution is 7.47. The fourth-order valence-electron chi connectivity index (χ4n) is 9.17. The Bertz CT molecular complexity index is 1900. The standard InChI is InChI=1S/C74H127N2O7P/c1-7-10-13-16-19-22-25-28-30-32-34-36-38-40-42-44-46-48-51-54-57-60-63-66-73(77)75-71(70-82-84(79,80)81-69-68-76(4,5)6)72(65-62-59-56-53-50-27-24-21-18-15-12-9-3)83-74(78)67-64-61-58-55-52-49-47-45-43-41-39-37-35-33-31-29-26-23-20-17-14-11-8-2/h10-11,13-14,19-20,22-23,28-31,34-37,40-43,62,65,71-72H,7-9,12,15-18,21,24-27,32-33,38-39,44-61,63-64,66-70H2,1-6H3,(H-,75,77,79,80)/p+1/b13-10-,14-11-,22-19-,23-20-,30-28-,31-29-,36-34-,37-35-,42-40-,43-41-,65-62+. The maximum Gasteiger partial charge on any atom is 0.472 e. The van der Waals surface area contributed by atoms with E-state index in [4.69, 9.17) is 13.8 Å². The van der Waals surface area contributed by atoms with Crippen molar-refractivity contribution in [2.45, 2.75) is 283 Å². The van der Waals surface area contributed by atoms with Crippen LogP contribution < -0.4 is 5.32 Å². The highest BCUT2D eigenvalue weighted by Gasteiger charge is 2.30. The number of hydrogen-bond donors (Lipinski definition) is 2. The molecule has 10 heteroatoms. The average molecular weight is 1190 g/mol. The molecule has 0 spiro atoms. The van der Waals surface area contributed by atoms with E-state index in [2.05, 4.69) is 148 Å². The van der Waals surface area contributed by atoms with E-state index >= 15 is 0 Å². The van der Waals surface area contributed by atoms with Crippen molar-refractivity contribution >= 4 is 19.7 Å². The summed E-state index contributed by atoms with van der Waals surface area (Å²) in [6.45, 7) is 6.76. The molecular formula is C74H128N2O7P+. The first-order valence-corrected chi connectivity index (χ1v) is 35.5. The maximum absolute atomic E-state index is 13.6. The van der Waals surface area contributed by atoms with Crippen LogP contribution >= 0.6 is 7.82 Å². The van der Waals surface area contributed by atoms with Crippen molar-refractivity contribution in [3.8, 4) is 0 Å². The molecule has 0 saturated carbocycles. The van der Waals surface area contributed by atoms with E-state index in [0.29, 0.717) is 17.4 Å². The molecule has 3 atom stereocenters. The number of ether oxygens (including phenoxy) is 1. The summed E-state index contributed by atoms with van der Waals surface area (Å²) >= 11 is 0. The summed E-state index contributed by atoms with van der Waals surface area (Å²) < 4.78 is 30.8. The van der Waals surface area contributed by atoms with Crippen molar-refractivity contribution < 1.29 is 37.3 Å². The number of quaternary nitrogens is 1. The summed E-state index contributed by atoms with van der Waals surface area (Å²) in [7, 11) is 1.46. The number of rotatable bonds is 60. The van der Waals surface area contributed by atoms with Crippen LogP contribution in [-0.4, -0.2) is 74.3 Å². The molecule has 9 nitrogen and oxygen atoms in total. The fraction of sp³-hybridized carbons (Fsp3) is 0.676. The largest absolute Gasteiger partial charge is 0.472 e. The van der Waals surface area contributed by atoms with Gasteiger partial charge in [0.15, 0.2) is 0 Å². The predicted octanol–water partition coefficient (Wildman–Crippen LogP) is 21.6. The van der Waals surface area contributed by atoms with E-state index in [1.807, 2.05) is 33.3 Å². The number of unbranched alkanes of at least 4 members (excludes halogenated alkanes) is 24. The van der Waals surface area contributed by atoms with Gasteiger partial charge < -0.3 is 19.4 Å². The van der Waals surface area contributed by atoms with Crippen molar-refractivity contribution in [3.05, 3.63) is 134 Å². The fourth-order valence-corrected chi connectivity index (χ4v) is 9.91. The van der Waals surface area contributed by atoms with Gasteiger partial charge in [-0.2, -0.15) is 0 Å². The van der Waals surface area contributed by atoms with Crippen LogP contribution in [-0.2, 0) is 27.9 Å². The second-order valence-electron chi connectivity index (χ2n) is 23.6. The normalized spacial score (nSPS) is 14.4. The highest BCUT2D eigenvalue weighted by Crippen LogP contribution is 2.43. The lowest BCUT2D eigenvalue weighted by molar-refractivity contribution is -0.870. The molecule has 2 N–H and O–H groups in total. The quantitative estimate of drug-likeness (QED) is 0.0205. The SMILES string of the molecule is CC/C=C\C/C=C\C/C=C\C/C=C\C/C=C\CCCCCCCCCC(=O)NC(COP(=O)(O)OCC[N+](C)(C)C)C(/C=C/CCCCCCCCCCCC)OC(=O)CCCCCCCCC/C=C\C/C=C\C/C=C\C/C=C\C/C=C\CC. The van der Waals surface area contributed by atoms with E-state index in [1.54, 1.807) is 0 Å². The zero-order valence-electron chi connectivity index (χ0n) is 54.8. The predicted molar refractivity (Wildman–Crippen MR) is 364 cm³/mol. The molecule has 0 rings (SSSR count). The van der Waals surface area contributed by atoms with Crippen LogP contribution in [0.1, 0.15) is 271 Å². The number of carbonyl (C=O) groups excluding carboxylic acids is 2. The molecule has 0 aliphatic rings. The lowest BCUT2D eigenvalue weighted by Gasteiger charge is -2.27. The monoisotopic (exact) mass is 1190 g/mol. The Hall–Kier alpha value is -3.85. The van der Waals surface area contributed by atoms with Gasteiger partial charge in [-0.3, -0.25) is 18.6 Å². The van der Waals surface area contributed by atoms with E-state index < -0.39 is 20.0 Å². The zero-order valence-corrected chi connectivity index (χ0v) is 55.7. The third-order valence-electron chi connectivity index (χ3n) is 14.3. The maximum atomic E-state index is 13.6. The average Bonchev–Trinajstić information content (AvgIpc) is 3.64. The van der Waals surface area contributed by atoms with Gasteiger partial charge in [-0.15, -0.1) is 0 Å². The van der Waals surface area contributed by atoms with Crippen molar-refractivity contribution in [1.29, 1.82) is 0 Å². The summed E-state index contributed by atoms with van der Waals surface area (Å²) in [6, 6.07) is -0.870. The van der Waals surface area contributed by atoms with Crippen LogP contribution in [0, 0.1) is 0 Å². The van der Waals surface area contributed by atoms with E-state index in [9.17, 15) is 19.0 Å². The number of nitrogens with one attached hydrogen (secondary N) is 1. The smallest absolute Gasteiger partial charge is 0.456 e. The third kappa shape index (κ3) is 62.7. The van der Waals surface area contributed by atoms with E-state index in [-0.39, 0.29) is 31.5 Å². The molecule has 3 unspecified atom stereocenters. The molecule has 0 fully saturated rings. The molecule has 1 amide bonds. The molecule has 0 radical (unpaired) electrons. The summed E-state index contributed by atoms with van der Waals surface area (Å²) in [4.78, 5) is 37.9. The first kappa shape index (κ1) is 80.2. The van der Waals surface area contributed by atoms with Crippen LogP contribution in [0.3, 0.4) is 0 Å². The van der Waals surface area contributed by atoms with E-state index in [1.165, 1.54) is 89.9 Å². The molecule has 480 valence electrons. The molecule has 0 aromatic heterocycles. The Morgan fingerprint density at radius 3 is 1.14 bits per heavy atom. The van der Waals surface area contributed by atoms with Gasteiger partial charge >= 0.3 is 13.8 Å². The van der Waals surface area contributed by atoms with Crippen LogP contribution in [0.2, 0.25) is 0 Å². The van der Waals surface area contributed by atoms with Crippen molar-refractivity contribution in [3.63, 3.8) is 0 Å². The van der Waals surface area contributed by atoms with Gasteiger partial charge in [0.1, 0.15) is 19.3 Å². The van der Waals surface area contributed by atoms with Gasteiger partial charge in [0.2, 0.25) is 5.91 Å². The molecule has 0 saturated heterocycles. The lowest BCUT2D eigenvalue weighted by Crippen LogP contribution is -2.47. The Labute approximate surface area is 517 Å². The van der Waals surface area contributed by atoms with E-state index in [0.717, 1.165) is 148 Å². The topological polar surface area (TPSA) is 111 Å². The number of hydrogen-bond acceptors (Lipinski definition) is 6. The van der Waals surface area contributed by atoms with Gasteiger partial charge in [-0.05, 0) is 122 Å². The van der Waals surface area contributed by atoms with Crippen LogP contribution in [0.15, 0.2) is 134 Å². The third-order valence-corrected chi connectivity index (χ3v) is 15.3. The minimum atomic E-state index is -4.47. The lowest BCUT2D eigenvalue weighted by atomic mass is 10.0. The molecule has 0 aliphatic heterocycles. The van der Waals surface area contributed by atoms with Crippen LogP contribution in [0.4, 0.5) is 0 Å². The molecule has 84 heavy (non-hydrogen) atoms. The molecular weight excluding hydrogens is 1060 g/mol. The molecule has 0 aliphatic carbocycles. The Kier molecular flexibility index (Phi) is 59.4. The number of phosphoric acid groups is 1. The number of amides is 1. The number of phosphoric ester groups is 1. The summed E-state index contributed by atoms with van der Waals surface area (Å²) in [6.07, 6.45) is 88.8. The van der Waals surface area contributed by atoms with Gasteiger partial charge in [0.05, 0.1) is 33.8 Å². The molecule has 0 aromatic carbocycles. The molecule has 0 bridgehead atoms. The first-order valence-electron chi connectivity index (χ1n) is 34.0. The second-order valence-corrected chi connectivity index (χ2v) is 25.0. The second kappa shape index (κ2) is 62.2. The van der Waals surface area contributed by atoms with Crippen molar-refractivity contribution in [2.24, 2.45) is 0 Å². The number of carbonyl (C=O) groups is 2. The Morgan fingerprint density at radius 2 is 0.762 bits per heavy atom. The first-order chi connectivity index (χ1) is 40.9. The number of allylic oxidation sites excluding steroid dienone is 21. The Balaban J connectivity index is 5.20. The minimum absolute atomic E-state index is 0.0287. The van der Waals surface area contributed by atoms with Crippen molar-refractivity contribution in [2.75, 3.05) is 40.9 Å². The zero-order chi connectivity index (χ0) is 61.4. The number of nitrogens with zero attached hydrogens (tertiary/aromatic N) is 1. The van der Waals surface area contributed by atoms with Gasteiger partial charge in [0.25, 0.3) is 0 Å². The summed E-state index contributed by atoms with van der Waals surface area (Å²) in [5.41, 5.74) is 0. The van der Waals surface area contributed by atoms with Crippen molar-refractivity contribution in [1.82, 2.24) is 5.32 Å². The van der Waals surface area contributed by atoms with Gasteiger partial charge in [0, 0.05) is 12.8 Å². The highest BCUT2D eigenvalue weighted by atomic mass is 31.2. The van der Waals surface area contributed by atoms with Crippen LogP contribution in [0.5, 0.6) is 0 Å². The minimum Gasteiger partial charge on any atom is -0.456 e. The van der Waals surface area contributed by atoms with Gasteiger partial charge in [-0.25, -0.2) is 4.57 Å². The van der Waals surface area contributed by atoms with Gasteiger partial charge in [-0.1, -0.05) is 270 Å². The summed E-state index contributed by atoms with van der Waals surface area (Å²) in [5.74, 6) is -0.537. The summed E-state index contributed by atoms with van der Waals surface area (Å²) in [5, 5.41) is 3.06. The number of esters is 1.